The molecule has 0 N–H and O–H groups in total. The molecule has 0 aliphatic heterocycles. The SMILES string of the molecule is COc1ccc2ccn(CC3(N(C)C)CC3)c2c1OC. The third-order valence-corrected chi connectivity index (χ3v) is 4.51. The molecule has 1 aliphatic rings. The van der Waals surface area contributed by atoms with Gasteiger partial charge in [0.05, 0.1) is 19.7 Å². The number of methoxy groups -OCH3 is 2. The maximum atomic E-state index is 5.58. The number of hydrogen-bond acceptors (Lipinski definition) is 3. The number of hydrogen-bond donors (Lipinski definition) is 0. The number of benzene rings is 1. The van der Waals surface area contributed by atoms with Crippen LogP contribution in [-0.4, -0.2) is 43.3 Å². The summed E-state index contributed by atoms with van der Waals surface area (Å²) in [4.78, 5) is 2.34. The van der Waals surface area contributed by atoms with E-state index < -0.39 is 0 Å². The number of aromatic nitrogens is 1. The van der Waals surface area contributed by atoms with Gasteiger partial charge in [0.1, 0.15) is 0 Å². The summed E-state index contributed by atoms with van der Waals surface area (Å²) in [5.74, 6) is 1.61. The molecule has 2 aromatic rings. The molecule has 0 atom stereocenters. The lowest BCUT2D eigenvalue weighted by Gasteiger charge is -2.25. The molecule has 108 valence electrons. The first kappa shape index (κ1) is 13.3. The molecule has 1 saturated carbocycles. The number of ether oxygens (including phenoxy) is 2. The molecular formula is C16H22N2O2. The van der Waals surface area contributed by atoms with Crippen molar-refractivity contribution >= 4 is 10.9 Å². The van der Waals surface area contributed by atoms with Gasteiger partial charge in [-0.2, -0.15) is 0 Å². The number of fused-ring (bicyclic) bond motifs is 1. The molecule has 0 radical (unpaired) electrons. The molecule has 0 amide bonds. The van der Waals surface area contributed by atoms with Gasteiger partial charge >= 0.3 is 0 Å². The van der Waals surface area contributed by atoms with Crippen LogP contribution in [0.4, 0.5) is 0 Å². The fourth-order valence-electron chi connectivity index (χ4n) is 2.94. The van der Waals surface area contributed by atoms with Crippen molar-refractivity contribution in [2.75, 3.05) is 28.3 Å². The third-order valence-electron chi connectivity index (χ3n) is 4.51. The lowest BCUT2D eigenvalue weighted by Crippen LogP contribution is -2.34. The van der Waals surface area contributed by atoms with Gasteiger partial charge in [0, 0.05) is 23.7 Å². The van der Waals surface area contributed by atoms with Crippen molar-refractivity contribution in [2.24, 2.45) is 0 Å². The average Bonchev–Trinajstić information content (AvgIpc) is 3.13. The molecule has 1 heterocycles. The maximum Gasteiger partial charge on any atom is 0.185 e. The lowest BCUT2D eigenvalue weighted by atomic mass is 10.2. The van der Waals surface area contributed by atoms with Crippen molar-refractivity contribution in [2.45, 2.75) is 24.9 Å². The van der Waals surface area contributed by atoms with Crippen LogP contribution in [0.3, 0.4) is 0 Å². The Morgan fingerprint density at radius 1 is 1.15 bits per heavy atom. The van der Waals surface area contributed by atoms with Crippen molar-refractivity contribution in [3.63, 3.8) is 0 Å². The van der Waals surface area contributed by atoms with Crippen LogP contribution in [0.5, 0.6) is 11.5 Å². The molecule has 1 aromatic carbocycles. The molecule has 1 aliphatic carbocycles. The molecular weight excluding hydrogens is 252 g/mol. The van der Waals surface area contributed by atoms with Gasteiger partial charge < -0.3 is 18.9 Å². The van der Waals surface area contributed by atoms with E-state index in [1.807, 2.05) is 6.07 Å². The van der Waals surface area contributed by atoms with Gasteiger partial charge in [-0.25, -0.2) is 0 Å². The monoisotopic (exact) mass is 274 g/mol. The second-order valence-electron chi connectivity index (χ2n) is 5.80. The fraction of sp³-hybridized carbons (Fsp3) is 0.500. The molecule has 1 fully saturated rings. The van der Waals surface area contributed by atoms with Gasteiger partial charge in [0.2, 0.25) is 0 Å². The third kappa shape index (κ3) is 1.95. The zero-order valence-electron chi connectivity index (χ0n) is 12.6. The fourth-order valence-corrected chi connectivity index (χ4v) is 2.94. The maximum absolute atomic E-state index is 5.58. The quantitative estimate of drug-likeness (QED) is 0.838. The van der Waals surface area contributed by atoms with Crippen molar-refractivity contribution < 1.29 is 9.47 Å². The van der Waals surface area contributed by atoms with Crippen LogP contribution in [0.15, 0.2) is 24.4 Å². The van der Waals surface area contributed by atoms with E-state index in [0.29, 0.717) is 5.54 Å². The van der Waals surface area contributed by atoms with E-state index in [1.54, 1.807) is 14.2 Å². The Balaban J connectivity index is 2.08. The van der Waals surface area contributed by atoms with Crippen LogP contribution in [0.1, 0.15) is 12.8 Å². The van der Waals surface area contributed by atoms with Crippen molar-refractivity contribution in [3.8, 4) is 11.5 Å². The molecule has 0 spiro atoms. The summed E-state index contributed by atoms with van der Waals surface area (Å²) in [5, 5.41) is 1.19. The average molecular weight is 274 g/mol. The van der Waals surface area contributed by atoms with E-state index in [0.717, 1.165) is 23.6 Å². The largest absolute Gasteiger partial charge is 0.493 e. The predicted molar refractivity (Wildman–Crippen MR) is 80.7 cm³/mol. The first-order chi connectivity index (χ1) is 9.61. The minimum absolute atomic E-state index is 0.306. The molecule has 20 heavy (non-hydrogen) atoms. The summed E-state index contributed by atoms with van der Waals surface area (Å²) >= 11 is 0. The molecule has 0 saturated heterocycles. The number of rotatable bonds is 5. The van der Waals surface area contributed by atoms with E-state index in [2.05, 4.69) is 41.9 Å². The van der Waals surface area contributed by atoms with Crippen LogP contribution >= 0.6 is 0 Å². The zero-order valence-corrected chi connectivity index (χ0v) is 12.6. The van der Waals surface area contributed by atoms with Crippen molar-refractivity contribution in [3.05, 3.63) is 24.4 Å². The van der Waals surface area contributed by atoms with E-state index in [9.17, 15) is 0 Å². The minimum atomic E-state index is 0.306. The number of likely N-dealkylation sites (N-methyl/N-ethyl adjacent to an activating group) is 1. The number of nitrogens with zero attached hydrogens (tertiary/aromatic N) is 2. The van der Waals surface area contributed by atoms with Crippen LogP contribution < -0.4 is 9.47 Å². The summed E-state index contributed by atoms with van der Waals surface area (Å²) in [6, 6.07) is 6.19. The second kappa shape index (κ2) is 4.70. The first-order valence-corrected chi connectivity index (χ1v) is 6.98. The van der Waals surface area contributed by atoms with Gasteiger partial charge in [-0.3, -0.25) is 0 Å². The summed E-state index contributed by atoms with van der Waals surface area (Å²) < 4.78 is 13.3. The summed E-state index contributed by atoms with van der Waals surface area (Å²) in [5.41, 5.74) is 1.43. The highest BCUT2D eigenvalue weighted by Gasteiger charge is 2.45. The van der Waals surface area contributed by atoms with Crippen molar-refractivity contribution in [1.82, 2.24) is 9.47 Å². The van der Waals surface area contributed by atoms with E-state index in [4.69, 9.17) is 9.47 Å². The van der Waals surface area contributed by atoms with Crippen LogP contribution in [-0.2, 0) is 6.54 Å². The van der Waals surface area contributed by atoms with E-state index in [-0.39, 0.29) is 0 Å². The topological polar surface area (TPSA) is 26.6 Å². The highest BCUT2D eigenvalue weighted by molar-refractivity contribution is 5.88. The van der Waals surface area contributed by atoms with Gasteiger partial charge in [-0.15, -0.1) is 0 Å². The Morgan fingerprint density at radius 2 is 1.90 bits per heavy atom. The minimum Gasteiger partial charge on any atom is -0.493 e. The molecule has 4 nitrogen and oxygen atoms in total. The van der Waals surface area contributed by atoms with Gasteiger partial charge in [0.15, 0.2) is 11.5 Å². The molecule has 0 bridgehead atoms. The van der Waals surface area contributed by atoms with E-state index >= 15 is 0 Å². The lowest BCUT2D eigenvalue weighted by molar-refractivity contribution is 0.243. The molecule has 1 aromatic heterocycles. The van der Waals surface area contributed by atoms with Gasteiger partial charge in [-0.1, -0.05) is 0 Å². The predicted octanol–water partition coefficient (Wildman–Crippen LogP) is 2.75. The highest BCUT2D eigenvalue weighted by Crippen LogP contribution is 2.43. The Hall–Kier alpha value is -1.68. The first-order valence-electron chi connectivity index (χ1n) is 6.98. The summed E-state index contributed by atoms with van der Waals surface area (Å²) in [6.07, 6.45) is 4.66. The van der Waals surface area contributed by atoms with Crippen LogP contribution in [0, 0.1) is 0 Å². The second-order valence-corrected chi connectivity index (χ2v) is 5.80. The highest BCUT2D eigenvalue weighted by atomic mass is 16.5. The van der Waals surface area contributed by atoms with Crippen LogP contribution in [0.2, 0.25) is 0 Å². The van der Waals surface area contributed by atoms with Crippen molar-refractivity contribution in [1.29, 1.82) is 0 Å². The van der Waals surface area contributed by atoms with Gasteiger partial charge in [-0.05, 0) is 45.1 Å². The Bertz CT molecular complexity index is 627. The normalized spacial score (nSPS) is 16.6. The smallest absolute Gasteiger partial charge is 0.185 e. The zero-order chi connectivity index (χ0) is 14.3. The van der Waals surface area contributed by atoms with Crippen LogP contribution in [0.25, 0.3) is 10.9 Å². The molecule has 3 rings (SSSR count). The van der Waals surface area contributed by atoms with E-state index in [1.165, 1.54) is 18.2 Å². The summed E-state index contributed by atoms with van der Waals surface area (Å²) in [7, 11) is 7.71. The Labute approximate surface area is 119 Å². The van der Waals surface area contributed by atoms with Gasteiger partial charge in [0.25, 0.3) is 0 Å². The Kier molecular flexibility index (Phi) is 3.13. The molecule has 0 unspecified atom stereocenters. The Morgan fingerprint density at radius 3 is 2.45 bits per heavy atom. The standard InChI is InChI=1S/C16H22N2O2/c1-17(2)16(8-9-16)11-18-10-7-12-5-6-13(19-3)15(20-4)14(12)18/h5-7,10H,8-9,11H2,1-4H3. The molecule has 4 heteroatoms. The summed E-state index contributed by atoms with van der Waals surface area (Å²) in [6.45, 7) is 0.993.